The average Bonchev–Trinajstić information content (AvgIpc) is 2.88. The molecule has 1 N–H and O–H groups in total. The summed E-state index contributed by atoms with van der Waals surface area (Å²) in [6.45, 7) is 0. The highest BCUT2D eigenvalue weighted by Crippen LogP contribution is 2.25. The van der Waals surface area contributed by atoms with Crippen LogP contribution < -0.4 is 4.72 Å². The summed E-state index contributed by atoms with van der Waals surface area (Å²) in [6, 6.07) is 6.97. The number of sulfonamides is 1. The lowest BCUT2D eigenvalue weighted by molar-refractivity contribution is 0.580. The molecule has 0 bridgehead atoms. The van der Waals surface area contributed by atoms with Gasteiger partial charge < -0.3 is 0 Å². The maximum absolute atomic E-state index is 11.8. The molecule has 1 aliphatic carbocycles. The van der Waals surface area contributed by atoms with Gasteiger partial charge in [-0.15, -0.1) is 0 Å². The first-order valence-electron chi connectivity index (χ1n) is 4.36. The highest BCUT2D eigenvalue weighted by molar-refractivity contribution is 9.10. The molecule has 2 rings (SSSR count). The molecule has 1 aromatic rings. The zero-order valence-electron chi connectivity index (χ0n) is 7.40. The van der Waals surface area contributed by atoms with Crippen molar-refractivity contribution >= 4 is 26.0 Å². The van der Waals surface area contributed by atoms with Crippen LogP contribution in [0.15, 0.2) is 33.6 Å². The molecule has 0 atom stereocenters. The number of hydrogen-bond acceptors (Lipinski definition) is 2. The lowest BCUT2D eigenvalue weighted by Gasteiger charge is -2.06. The van der Waals surface area contributed by atoms with Gasteiger partial charge in [-0.1, -0.05) is 12.1 Å². The van der Waals surface area contributed by atoms with Crippen molar-refractivity contribution in [3.8, 4) is 0 Å². The number of rotatable bonds is 3. The second-order valence-corrected chi connectivity index (χ2v) is 5.86. The molecule has 1 aromatic carbocycles. The number of nitrogens with one attached hydrogen (secondary N) is 1. The Balaban J connectivity index is 2.33. The Morgan fingerprint density at radius 1 is 1.29 bits per heavy atom. The highest BCUT2D eigenvalue weighted by atomic mass is 79.9. The van der Waals surface area contributed by atoms with E-state index in [4.69, 9.17) is 0 Å². The molecule has 1 aliphatic rings. The number of hydrogen-bond donors (Lipinski definition) is 1. The first-order valence-corrected chi connectivity index (χ1v) is 6.64. The SMILES string of the molecule is O=S(=O)(NC1CC1)c1ccccc1Br. The van der Waals surface area contributed by atoms with Crippen LogP contribution in [0.3, 0.4) is 0 Å². The maximum Gasteiger partial charge on any atom is 0.241 e. The number of benzene rings is 1. The molecule has 0 aromatic heterocycles. The van der Waals surface area contributed by atoms with E-state index in [0.717, 1.165) is 12.8 Å². The van der Waals surface area contributed by atoms with Gasteiger partial charge in [-0.25, -0.2) is 13.1 Å². The zero-order chi connectivity index (χ0) is 10.2. The van der Waals surface area contributed by atoms with E-state index in [9.17, 15) is 8.42 Å². The van der Waals surface area contributed by atoms with E-state index in [2.05, 4.69) is 20.7 Å². The van der Waals surface area contributed by atoms with E-state index in [0.29, 0.717) is 9.37 Å². The Morgan fingerprint density at radius 3 is 2.50 bits per heavy atom. The summed E-state index contributed by atoms with van der Waals surface area (Å²) in [4.78, 5) is 0.312. The van der Waals surface area contributed by atoms with Crippen LogP contribution in [-0.2, 0) is 10.0 Å². The predicted octanol–water partition coefficient (Wildman–Crippen LogP) is 1.89. The molecule has 1 saturated carbocycles. The zero-order valence-corrected chi connectivity index (χ0v) is 9.81. The smallest absolute Gasteiger partial charge is 0.208 e. The van der Waals surface area contributed by atoms with Gasteiger partial charge in [0.15, 0.2) is 0 Å². The van der Waals surface area contributed by atoms with E-state index in [1.165, 1.54) is 0 Å². The minimum Gasteiger partial charge on any atom is -0.208 e. The Kier molecular flexibility index (Phi) is 2.64. The van der Waals surface area contributed by atoms with Gasteiger partial charge in [-0.2, -0.15) is 0 Å². The first-order chi connectivity index (χ1) is 6.59. The van der Waals surface area contributed by atoms with Gasteiger partial charge in [0.05, 0.1) is 4.90 Å². The van der Waals surface area contributed by atoms with Crippen molar-refractivity contribution in [2.24, 2.45) is 0 Å². The third-order valence-electron chi connectivity index (χ3n) is 2.03. The fraction of sp³-hybridized carbons (Fsp3) is 0.333. The molecule has 0 amide bonds. The van der Waals surface area contributed by atoms with Crippen molar-refractivity contribution in [3.05, 3.63) is 28.7 Å². The van der Waals surface area contributed by atoms with Gasteiger partial charge in [-0.05, 0) is 40.9 Å². The molecule has 1 fully saturated rings. The Hall–Kier alpha value is -0.390. The van der Waals surface area contributed by atoms with Crippen LogP contribution in [0.4, 0.5) is 0 Å². The van der Waals surface area contributed by atoms with Crippen LogP contribution in [0.5, 0.6) is 0 Å². The van der Waals surface area contributed by atoms with Gasteiger partial charge in [0.2, 0.25) is 10.0 Å². The molecule has 14 heavy (non-hydrogen) atoms. The van der Waals surface area contributed by atoms with Gasteiger partial charge in [-0.3, -0.25) is 0 Å². The largest absolute Gasteiger partial charge is 0.241 e. The Labute approximate surface area is 91.7 Å². The minimum absolute atomic E-state index is 0.145. The van der Waals surface area contributed by atoms with E-state index >= 15 is 0 Å². The van der Waals surface area contributed by atoms with Crippen molar-refractivity contribution in [1.82, 2.24) is 4.72 Å². The third-order valence-corrected chi connectivity index (χ3v) is 4.56. The van der Waals surface area contributed by atoms with Crippen LogP contribution in [0.2, 0.25) is 0 Å². The summed E-state index contributed by atoms with van der Waals surface area (Å²) in [6.07, 6.45) is 1.90. The molecule has 5 heteroatoms. The van der Waals surface area contributed by atoms with Crippen molar-refractivity contribution in [2.75, 3.05) is 0 Å². The first kappa shape index (κ1) is 10.1. The lowest BCUT2D eigenvalue weighted by atomic mass is 10.4. The average molecular weight is 276 g/mol. The maximum atomic E-state index is 11.8. The van der Waals surface area contributed by atoms with E-state index in [1.807, 2.05) is 0 Å². The minimum atomic E-state index is -3.32. The molecular formula is C9H10BrNO2S. The van der Waals surface area contributed by atoms with Gasteiger partial charge in [0, 0.05) is 10.5 Å². The Bertz CT molecular complexity index is 440. The quantitative estimate of drug-likeness (QED) is 0.916. The van der Waals surface area contributed by atoms with Gasteiger partial charge in [0.1, 0.15) is 0 Å². The molecule has 0 heterocycles. The summed E-state index contributed by atoms with van der Waals surface area (Å²) < 4.78 is 26.8. The molecule has 0 unspecified atom stereocenters. The van der Waals surface area contributed by atoms with Crippen LogP contribution in [0, 0.1) is 0 Å². The molecule has 0 aliphatic heterocycles. The Morgan fingerprint density at radius 2 is 1.93 bits per heavy atom. The second kappa shape index (κ2) is 3.64. The van der Waals surface area contributed by atoms with Crippen LogP contribution in [0.25, 0.3) is 0 Å². The molecule has 76 valence electrons. The fourth-order valence-corrected chi connectivity index (χ4v) is 3.45. The predicted molar refractivity (Wildman–Crippen MR) is 57.5 cm³/mol. The normalized spacial score (nSPS) is 16.9. The lowest BCUT2D eigenvalue weighted by Crippen LogP contribution is -2.25. The molecule has 0 saturated heterocycles. The molecule has 0 spiro atoms. The fourth-order valence-electron chi connectivity index (χ4n) is 1.15. The summed E-state index contributed by atoms with van der Waals surface area (Å²) in [5.41, 5.74) is 0. The van der Waals surface area contributed by atoms with Crippen molar-refractivity contribution < 1.29 is 8.42 Å². The molecular weight excluding hydrogens is 266 g/mol. The van der Waals surface area contributed by atoms with Crippen molar-refractivity contribution in [3.63, 3.8) is 0 Å². The summed E-state index contributed by atoms with van der Waals surface area (Å²) in [7, 11) is -3.32. The molecule has 3 nitrogen and oxygen atoms in total. The van der Waals surface area contributed by atoms with E-state index in [1.54, 1.807) is 24.3 Å². The third kappa shape index (κ3) is 2.16. The van der Waals surface area contributed by atoms with Crippen LogP contribution in [-0.4, -0.2) is 14.5 Å². The van der Waals surface area contributed by atoms with Gasteiger partial charge in [0.25, 0.3) is 0 Å². The standard InChI is InChI=1S/C9H10BrNO2S/c10-8-3-1-2-4-9(8)14(12,13)11-7-5-6-7/h1-4,7,11H,5-6H2. The second-order valence-electron chi connectivity index (χ2n) is 3.33. The summed E-state index contributed by atoms with van der Waals surface area (Å²) in [5.74, 6) is 0. The van der Waals surface area contributed by atoms with E-state index < -0.39 is 10.0 Å². The topological polar surface area (TPSA) is 46.2 Å². The van der Waals surface area contributed by atoms with E-state index in [-0.39, 0.29) is 6.04 Å². The van der Waals surface area contributed by atoms with Crippen LogP contribution >= 0.6 is 15.9 Å². The monoisotopic (exact) mass is 275 g/mol. The number of halogens is 1. The molecule has 0 radical (unpaired) electrons. The van der Waals surface area contributed by atoms with Crippen LogP contribution in [0.1, 0.15) is 12.8 Å². The highest BCUT2D eigenvalue weighted by Gasteiger charge is 2.28. The van der Waals surface area contributed by atoms with Crippen molar-refractivity contribution in [2.45, 2.75) is 23.8 Å². The van der Waals surface area contributed by atoms with Crippen molar-refractivity contribution in [1.29, 1.82) is 0 Å². The summed E-state index contributed by atoms with van der Waals surface area (Å²) in [5, 5.41) is 0. The van der Waals surface area contributed by atoms with Gasteiger partial charge >= 0.3 is 0 Å². The summed E-state index contributed by atoms with van der Waals surface area (Å²) >= 11 is 3.22.